The van der Waals surface area contributed by atoms with Crippen molar-refractivity contribution in [2.75, 3.05) is 19.8 Å². The lowest BCUT2D eigenvalue weighted by molar-refractivity contribution is -0.128. The van der Waals surface area contributed by atoms with E-state index in [2.05, 4.69) is 0 Å². The van der Waals surface area contributed by atoms with Crippen LogP contribution >= 0.6 is 0 Å². The summed E-state index contributed by atoms with van der Waals surface area (Å²) in [5, 5.41) is 0. The van der Waals surface area contributed by atoms with Crippen LogP contribution in [0.1, 0.15) is 37.7 Å². The Morgan fingerprint density at radius 3 is 2.43 bits per heavy atom. The van der Waals surface area contributed by atoms with Gasteiger partial charge in [0.2, 0.25) is 0 Å². The first-order valence-corrected chi connectivity index (χ1v) is 10.2. The standard InChI is InChI=1S/C21H26N2O5/c24-19-22(18-13-26-14-18)9-8-21(28-19)10-16-6-7-17(11-21)23(16)20(25)27-12-15-4-2-1-3-5-15/h1-5,16-18H,6-14H2/t16-,17+,21?. The van der Waals surface area contributed by atoms with Crippen LogP contribution in [0.3, 0.4) is 0 Å². The number of hydrogen-bond acceptors (Lipinski definition) is 5. The Labute approximate surface area is 164 Å². The van der Waals surface area contributed by atoms with Crippen molar-refractivity contribution in [3.05, 3.63) is 35.9 Å². The zero-order chi connectivity index (χ0) is 19.1. The Hall–Kier alpha value is -2.28. The molecule has 1 spiro atoms. The van der Waals surface area contributed by atoms with Gasteiger partial charge in [0.25, 0.3) is 0 Å². The van der Waals surface area contributed by atoms with Crippen molar-refractivity contribution in [2.24, 2.45) is 0 Å². The zero-order valence-corrected chi connectivity index (χ0v) is 15.9. The van der Waals surface area contributed by atoms with Crippen molar-refractivity contribution in [2.45, 2.75) is 62.4 Å². The third-order valence-corrected chi connectivity index (χ3v) is 6.66. The molecule has 4 aliphatic heterocycles. The molecule has 28 heavy (non-hydrogen) atoms. The third-order valence-electron chi connectivity index (χ3n) is 6.66. The molecule has 2 amide bonds. The number of hydrogen-bond donors (Lipinski definition) is 0. The summed E-state index contributed by atoms with van der Waals surface area (Å²) in [7, 11) is 0. The number of nitrogens with zero attached hydrogens (tertiary/aromatic N) is 2. The van der Waals surface area contributed by atoms with Crippen LogP contribution in [0.4, 0.5) is 9.59 Å². The Morgan fingerprint density at radius 1 is 1.11 bits per heavy atom. The Morgan fingerprint density at radius 2 is 1.82 bits per heavy atom. The highest BCUT2D eigenvalue weighted by Gasteiger charge is 2.55. The van der Waals surface area contributed by atoms with E-state index in [9.17, 15) is 9.59 Å². The van der Waals surface area contributed by atoms with E-state index in [1.807, 2.05) is 35.2 Å². The summed E-state index contributed by atoms with van der Waals surface area (Å²) in [5.41, 5.74) is 0.554. The topological polar surface area (TPSA) is 68.3 Å². The molecule has 7 heteroatoms. The second-order valence-corrected chi connectivity index (χ2v) is 8.43. The van der Waals surface area contributed by atoms with Crippen molar-refractivity contribution in [3.8, 4) is 0 Å². The fraction of sp³-hybridized carbons (Fsp3) is 0.619. The maximum absolute atomic E-state index is 12.7. The largest absolute Gasteiger partial charge is 0.445 e. The maximum Gasteiger partial charge on any atom is 0.410 e. The highest BCUT2D eigenvalue weighted by molar-refractivity contribution is 5.71. The van der Waals surface area contributed by atoms with Gasteiger partial charge in [-0.05, 0) is 18.4 Å². The van der Waals surface area contributed by atoms with E-state index in [1.165, 1.54) is 0 Å². The summed E-state index contributed by atoms with van der Waals surface area (Å²) < 4.78 is 16.8. The minimum Gasteiger partial charge on any atom is -0.445 e. The van der Waals surface area contributed by atoms with Gasteiger partial charge in [0.15, 0.2) is 0 Å². The smallest absolute Gasteiger partial charge is 0.410 e. The van der Waals surface area contributed by atoms with Gasteiger partial charge >= 0.3 is 12.2 Å². The molecule has 0 N–H and O–H groups in total. The van der Waals surface area contributed by atoms with Gasteiger partial charge in [-0.3, -0.25) is 0 Å². The molecule has 0 radical (unpaired) electrons. The molecule has 5 rings (SSSR count). The molecule has 150 valence electrons. The summed E-state index contributed by atoms with van der Waals surface area (Å²) in [4.78, 5) is 29.0. The van der Waals surface area contributed by atoms with Crippen molar-refractivity contribution in [3.63, 3.8) is 0 Å². The van der Waals surface area contributed by atoms with Gasteiger partial charge < -0.3 is 24.0 Å². The fourth-order valence-corrected chi connectivity index (χ4v) is 5.13. The van der Waals surface area contributed by atoms with Crippen molar-refractivity contribution in [1.29, 1.82) is 0 Å². The Kier molecular flexibility index (Phi) is 4.42. The average molecular weight is 386 g/mol. The lowest BCUT2D eigenvalue weighted by Gasteiger charge is -2.50. The first kappa shape index (κ1) is 17.8. The minimum atomic E-state index is -0.430. The van der Waals surface area contributed by atoms with Crippen LogP contribution in [0.15, 0.2) is 30.3 Å². The summed E-state index contributed by atoms with van der Waals surface area (Å²) in [6, 6.07) is 10.1. The molecule has 2 bridgehead atoms. The van der Waals surface area contributed by atoms with Gasteiger partial charge in [0.05, 0.1) is 19.3 Å². The first-order valence-electron chi connectivity index (χ1n) is 10.2. The number of carbonyl (C=O) groups is 2. The first-order chi connectivity index (χ1) is 13.6. The molecule has 4 heterocycles. The van der Waals surface area contributed by atoms with E-state index < -0.39 is 5.60 Å². The monoisotopic (exact) mass is 386 g/mol. The second kappa shape index (κ2) is 6.95. The number of fused-ring (bicyclic) bond motifs is 2. The molecule has 0 saturated carbocycles. The van der Waals surface area contributed by atoms with E-state index >= 15 is 0 Å². The molecule has 0 aliphatic carbocycles. The van der Waals surface area contributed by atoms with Gasteiger partial charge in [-0.1, -0.05) is 30.3 Å². The molecule has 4 saturated heterocycles. The molecule has 0 aromatic heterocycles. The predicted molar refractivity (Wildman–Crippen MR) is 99.7 cm³/mol. The molecule has 3 atom stereocenters. The number of piperidine rings is 1. The van der Waals surface area contributed by atoms with Crippen LogP contribution < -0.4 is 0 Å². The number of rotatable bonds is 3. The summed E-state index contributed by atoms with van der Waals surface area (Å²) in [6.07, 6.45) is 3.68. The molecule has 1 aromatic carbocycles. The molecule has 1 aromatic rings. The molecule has 4 fully saturated rings. The number of carbonyl (C=O) groups excluding carboxylic acids is 2. The van der Waals surface area contributed by atoms with Crippen molar-refractivity contribution >= 4 is 12.2 Å². The highest BCUT2D eigenvalue weighted by atomic mass is 16.6. The van der Waals surface area contributed by atoms with E-state index in [0.717, 1.165) is 24.8 Å². The van der Waals surface area contributed by atoms with Crippen LogP contribution in [0, 0.1) is 0 Å². The highest BCUT2D eigenvalue weighted by Crippen LogP contribution is 2.46. The number of ether oxygens (including phenoxy) is 3. The van der Waals surface area contributed by atoms with E-state index in [0.29, 0.717) is 32.6 Å². The van der Waals surface area contributed by atoms with Crippen LogP contribution in [-0.2, 0) is 20.8 Å². The fourth-order valence-electron chi connectivity index (χ4n) is 5.13. The second-order valence-electron chi connectivity index (χ2n) is 8.43. The van der Waals surface area contributed by atoms with E-state index in [-0.39, 0.29) is 36.9 Å². The van der Waals surface area contributed by atoms with Crippen molar-refractivity contribution in [1.82, 2.24) is 9.80 Å². The Balaban J connectivity index is 1.21. The maximum atomic E-state index is 12.7. The Bertz CT molecular complexity index is 736. The summed E-state index contributed by atoms with van der Waals surface area (Å²) >= 11 is 0. The van der Waals surface area contributed by atoms with Crippen LogP contribution in [0.5, 0.6) is 0 Å². The number of benzene rings is 1. The third kappa shape index (κ3) is 3.11. The van der Waals surface area contributed by atoms with Crippen LogP contribution in [0.25, 0.3) is 0 Å². The van der Waals surface area contributed by atoms with E-state index in [1.54, 1.807) is 4.90 Å². The molecule has 7 nitrogen and oxygen atoms in total. The molecular weight excluding hydrogens is 360 g/mol. The van der Waals surface area contributed by atoms with Gasteiger partial charge in [-0.2, -0.15) is 0 Å². The lowest BCUT2D eigenvalue weighted by atomic mass is 9.82. The van der Waals surface area contributed by atoms with Crippen molar-refractivity contribution < 1.29 is 23.8 Å². The van der Waals surface area contributed by atoms with Crippen LogP contribution in [0.2, 0.25) is 0 Å². The predicted octanol–water partition coefficient (Wildman–Crippen LogP) is 2.93. The molecular formula is C21H26N2O5. The quantitative estimate of drug-likeness (QED) is 0.799. The lowest BCUT2D eigenvalue weighted by Crippen LogP contribution is -2.62. The van der Waals surface area contributed by atoms with E-state index in [4.69, 9.17) is 14.2 Å². The summed E-state index contributed by atoms with van der Waals surface area (Å²) in [6.45, 7) is 2.21. The SMILES string of the molecule is O=C1OC2(CCN1C1COC1)C[C@H]1CC[C@@H](C2)N1C(=O)OCc1ccccc1. The average Bonchev–Trinajstić information content (AvgIpc) is 2.94. The minimum absolute atomic E-state index is 0.0911. The molecule has 4 aliphatic rings. The van der Waals surface area contributed by atoms with Crippen LogP contribution in [-0.4, -0.2) is 65.5 Å². The van der Waals surface area contributed by atoms with Gasteiger partial charge in [-0.25, -0.2) is 9.59 Å². The molecule has 1 unspecified atom stereocenters. The number of amides is 2. The van der Waals surface area contributed by atoms with Gasteiger partial charge in [-0.15, -0.1) is 0 Å². The van der Waals surface area contributed by atoms with Gasteiger partial charge in [0, 0.05) is 37.9 Å². The van der Waals surface area contributed by atoms with Gasteiger partial charge in [0.1, 0.15) is 12.2 Å². The normalized spacial score (nSPS) is 32.2. The zero-order valence-electron chi connectivity index (χ0n) is 15.9. The summed E-state index contributed by atoms with van der Waals surface area (Å²) in [5.74, 6) is 0.